The third-order valence-corrected chi connectivity index (χ3v) is 5.94. The van der Waals surface area contributed by atoms with Crippen molar-refractivity contribution in [2.24, 2.45) is 0 Å². The first-order chi connectivity index (χ1) is 13.9. The lowest BCUT2D eigenvalue weighted by Gasteiger charge is -2.16. The van der Waals surface area contributed by atoms with Crippen molar-refractivity contribution >= 4 is 27.4 Å². The van der Waals surface area contributed by atoms with Crippen LogP contribution in [-0.4, -0.2) is 45.6 Å². The average molecular weight is 415 g/mol. The molecule has 3 N–H and O–H groups in total. The van der Waals surface area contributed by atoms with Gasteiger partial charge >= 0.3 is 6.03 Å². The van der Waals surface area contributed by atoms with Crippen LogP contribution in [0, 0.1) is 11.5 Å². The molecule has 0 saturated carbocycles. The highest BCUT2D eigenvalue weighted by molar-refractivity contribution is 7.89. The van der Waals surface area contributed by atoms with Crippen molar-refractivity contribution in [2.45, 2.75) is 17.4 Å². The standard InChI is InChI=1S/C19H21N5O4S/c1-28-17-8-7-15(22-19(25)21-14-5-3-2-4-6-14)11-18(17)29(26,27)23-16-9-10-24(12-16)13-20/h2-8,11,16,23H,9-10,12H2,1H3,(H2,21,22,25)/t16-/m1/s1. The van der Waals surface area contributed by atoms with Crippen LogP contribution in [0.3, 0.4) is 0 Å². The van der Waals surface area contributed by atoms with Crippen LogP contribution in [0.5, 0.6) is 5.75 Å². The minimum atomic E-state index is -3.92. The van der Waals surface area contributed by atoms with Gasteiger partial charge in [-0.25, -0.2) is 17.9 Å². The first-order valence-electron chi connectivity index (χ1n) is 8.89. The Hall–Kier alpha value is -3.29. The molecule has 1 aliphatic heterocycles. The molecule has 9 nitrogen and oxygen atoms in total. The molecule has 0 aromatic heterocycles. The molecule has 10 heteroatoms. The lowest BCUT2D eigenvalue weighted by atomic mass is 10.3. The summed E-state index contributed by atoms with van der Waals surface area (Å²) < 4.78 is 33.5. The van der Waals surface area contributed by atoms with Gasteiger partial charge in [-0.05, 0) is 36.8 Å². The molecule has 0 spiro atoms. The number of methoxy groups -OCH3 is 1. The van der Waals surface area contributed by atoms with E-state index in [9.17, 15) is 13.2 Å². The number of para-hydroxylation sites is 1. The maximum absolute atomic E-state index is 12.9. The Balaban J connectivity index is 1.76. The van der Waals surface area contributed by atoms with Crippen molar-refractivity contribution in [2.75, 3.05) is 30.8 Å². The number of nitriles is 1. The number of hydrogen-bond donors (Lipinski definition) is 3. The summed E-state index contributed by atoms with van der Waals surface area (Å²) in [6.45, 7) is 0.817. The van der Waals surface area contributed by atoms with E-state index in [1.165, 1.54) is 24.1 Å². The van der Waals surface area contributed by atoms with Crippen molar-refractivity contribution < 1.29 is 17.9 Å². The summed E-state index contributed by atoms with van der Waals surface area (Å²) in [7, 11) is -2.55. The molecule has 152 valence electrons. The van der Waals surface area contributed by atoms with Gasteiger partial charge in [-0.15, -0.1) is 0 Å². The average Bonchev–Trinajstić information content (AvgIpc) is 3.15. The minimum absolute atomic E-state index is 0.0899. The fourth-order valence-corrected chi connectivity index (χ4v) is 4.47. The maximum Gasteiger partial charge on any atom is 0.323 e. The highest BCUT2D eigenvalue weighted by Gasteiger charge is 2.29. The zero-order valence-electron chi connectivity index (χ0n) is 15.8. The van der Waals surface area contributed by atoms with Crippen LogP contribution in [0.4, 0.5) is 16.2 Å². The predicted molar refractivity (Wildman–Crippen MR) is 108 cm³/mol. The van der Waals surface area contributed by atoms with E-state index in [1.807, 2.05) is 12.3 Å². The zero-order valence-corrected chi connectivity index (χ0v) is 16.6. The largest absolute Gasteiger partial charge is 0.495 e. The Bertz CT molecular complexity index is 1020. The number of ether oxygens (including phenoxy) is 1. The minimum Gasteiger partial charge on any atom is -0.495 e. The van der Waals surface area contributed by atoms with E-state index in [4.69, 9.17) is 10.00 Å². The number of anilines is 2. The Morgan fingerprint density at radius 1 is 1.17 bits per heavy atom. The van der Waals surface area contributed by atoms with E-state index >= 15 is 0 Å². The van der Waals surface area contributed by atoms with E-state index in [-0.39, 0.29) is 16.7 Å². The zero-order chi connectivity index (χ0) is 20.9. The predicted octanol–water partition coefficient (Wildman–Crippen LogP) is 2.17. The van der Waals surface area contributed by atoms with Gasteiger partial charge in [0.15, 0.2) is 6.19 Å². The summed E-state index contributed by atoms with van der Waals surface area (Å²) in [6, 6.07) is 12.4. The Labute approximate surface area is 169 Å². The molecule has 1 fully saturated rings. The monoisotopic (exact) mass is 415 g/mol. The molecule has 2 aromatic carbocycles. The quantitative estimate of drug-likeness (QED) is 0.621. The molecule has 1 heterocycles. The van der Waals surface area contributed by atoms with Gasteiger partial charge in [-0.2, -0.15) is 5.26 Å². The van der Waals surface area contributed by atoms with E-state index in [2.05, 4.69) is 15.4 Å². The molecule has 2 aromatic rings. The van der Waals surface area contributed by atoms with Crippen molar-refractivity contribution in [1.29, 1.82) is 5.26 Å². The number of carbonyl (C=O) groups is 1. The summed E-state index contributed by atoms with van der Waals surface area (Å²) >= 11 is 0. The molecule has 29 heavy (non-hydrogen) atoms. The SMILES string of the molecule is COc1ccc(NC(=O)Nc2ccccc2)cc1S(=O)(=O)N[C@@H]1CCN(C#N)C1. The smallest absolute Gasteiger partial charge is 0.323 e. The fraction of sp³-hybridized carbons (Fsp3) is 0.263. The molecule has 0 radical (unpaired) electrons. The number of rotatable bonds is 6. The molecule has 1 atom stereocenters. The van der Waals surface area contributed by atoms with Gasteiger partial charge in [0, 0.05) is 30.5 Å². The number of hydrogen-bond acceptors (Lipinski definition) is 6. The van der Waals surface area contributed by atoms with Crippen molar-refractivity contribution in [3.05, 3.63) is 48.5 Å². The molecular formula is C19H21N5O4S. The van der Waals surface area contributed by atoms with E-state index in [0.717, 1.165) is 0 Å². The Morgan fingerprint density at radius 3 is 2.55 bits per heavy atom. The number of amides is 2. The van der Waals surface area contributed by atoms with Crippen molar-refractivity contribution in [1.82, 2.24) is 9.62 Å². The van der Waals surface area contributed by atoms with Crippen LogP contribution in [0.1, 0.15) is 6.42 Å². The number of benzene rings is 2. The molecule has 1 saturated heterocycles. The Kier molecular flexibility index (Phi) is 6.21. The third-order valence-electron chi connectivity index (χ3n) is 4.39. The van der Waals surface area contributed by atoms with Crippen LogP contribution in [0.15, 0.2) is 53.4 Å². The second-order valence-corrected chi connectivity index (χ2v) is 8.15. The highest BCUT2D eigenvalue weighted by Crippen LogP contribution is 2.28. The molecule has 2 amide bonds. The molecule has 0 unspecified atom stereocenters. The number of nitrogens with zero attached hydrogens (tertiary/aromatic N) is 2. The first kappa shape index (κ1) is 20.4. The van der Waals surface area contributed by atoms with Gasteiger partial charge in [-0.3, -0.25) is 0 Å². The lowest BCUT2D eigenvalue weighted by Crippen LogP contribution is -2.36. The normalized spacial score (nSPS) is 16.1. The van der Waals surface area contributed by atoms with Crippen LogP contribution in [0.2, 0.25) is 0 Å². The number of urea groups is 1. The van der Waals surface area contributed by atoms with Crippen molar-refractivity contribution in [3.8, 4) is 11.9 Å². The molecule has 0 bridgehead atoms. The van der Waals surface area contributed by atoms with Gasteiger partial charge in [0.25, 0.3) is 0 Å². The van der Waals surface area contributed by atoms with Gasteiger partial charge in [-0.1, -0.05) is 18.2 Å². The molecule has 0 aliphatic carbocycles. The van der Waals surface area contributed by atoms with E-state index < -0.39 is 16.1 Å². The van der Waals surface area contributed by atoms with Gasteiger partial charge < -0.3 is 20.3 Å². The van der Waals surface area contributed by atoms with Crippen LogP contribution >= 0.6 is 0 Å². The Morgan fingerprint density at radius 2 is 1.90 bits per heavy atom. The second-order valence-electron chi connectivity index (χ2n) is 6.46. The summed E-state index contributed by atoms with van der Waals surface area (Å²) in [5.74, 6) is 0.154. The van der Waals surface area contributed by atoms with E-state index in [0.29, 0.717) is 30.9 Å². The maximum atomic E-state index is 12.9. The number of carbonyl (C=O) groups excluding carboxylic acids is 1. The summed E-state index contributed by atoms with van der Waals surface area (Å²) in [6.07, 6.45) is 2.55. The second kappa shape index (κ2) is 8.81. The fourth-order valence-electron chi connectivity index (χ4n) is 3.01. The lowest BCUT2D eigenvalue weighted by molar-refractivity contribution is 0.262. The summed E-state index contributed by atoms with van der Waals surface area (Å²) in [5, 5.41) is 14.2. The van der Waals surface area contributed by atoms with Crippen LogP contribution < -0.4 is 20.1 Å². The van der Waals surface area contributed by atoms with Crippen LogP contribution in [0.25, 0.3) is 0 Å². The van der Waals surface area contributed by atoms with Crippen molar-refractivity contribution in [3.63, 3.8) is 0 Å². The molecular weight excluding hydrogens is 394 g/mol. The van der Waals surface area contributed by atoms with Gasteiger partial charge in [0.1, 0.15) is 10.6 Å². The van der Waals surface area contributed by atoms with E-state index in [1.54, 1.807) is 30.3 Å². The number of nitrogens with one attached hydrogen (secondary N) is 3. The molecule has 3 rings (SSSR count). The number of sulfonamides is 1. The highest BCUT2D eigenvalue weighted by atomic mass is 32.2. The van der Waals surface area contributed by atoms with Crippen LogP contribution in [-0.2, 0) is 10.0 Å². The topological polar surface area (TPSA) is 124 Å². The molecule has 1 aliphatic rings. The third kappa shape index (κ3) is 5.16. The van der Waals surface area contributed by atoms with Gasteiger partial charge in [0.2, 0.25) is 10.0 Å². The summed E-state index contributed by atoms with van der Waals surface area (Å²) in [4.78, 5) is 13.6. The summed E-state index contributed by atoms with van der Waals surface area (Å²) in [5.41, 5.74) is 0.904. The first-order valence-corrected chi connectivity index (χ1v) is 10.4. The van der Waals surface area contributed by atoms with Gasteiger partial charge in [0.05, 0.1) is 7.11 Å². The number of likely N-dealkylation sites (tertiary alicyclic amines) is 1.